The molecule has 1 aromatic heterocycles. The van der Waals surface area contributed by atoms with E-state index in [9.17, 15) is 0 Å². The van der Waals surface area contributed by atoms with Crippen LogP contribution in [0, 0.1) is 13.8 Å². The minimum absolute atomic E-state index is 0.522. The maximum atomic E-state index is 4.52. The van der Waals surface area contributed by atoms with E-state index in [1.54, 1.807) is 0 Å². The third-order valence-corrected chi connectivity index (χ3v) is 3.14. The summed E-state index contributed by atoms with van der Waals surface area (Å²) in [6.07, 6.45) is 1.88. The number of thioether (sulfide) groups is 1. The van der Waals surface area contributed by atoms with Gasteiger partial charge in [0.1, 0.15) is 0 Å². The summed E-state index contributed by atoms with van der Waals surface area (Å²) in [5, 5.41) is 4.96. The van der Waals surface area contributed by atoms with Crippen molar-refractivity contribution in [1.82, 2.24) is 10.3 Å². The molecule has 0 aliphatic rings. The predicted octanol–water partition coefficient (Wildman–Crippen LogP) is 2.95. The first-order chi connectivity index (χ1) is 7.61. The van der Waals surface area contributed by atoms with Crippen molar-refractivity contribution in [3.63, 3.8) is 0 Å². The van der Waals surface area contributed by atoms with Crippen LogP contribution in [-0.2, 0) is 0 Å². The van der Waals surface area contributed by atoms with E-state index >= 15 is 0 Å². The highest BCUT2D eigenvalue weighted by atomic mass is 32.2. The number of aryl methyl sites for hydroxylation is 2. The highest BCUT2D eigenvalue weighted by Gasteiger charge is 2.05. The Morgan fingerprint density at radius 1 is 1.50 bits per heavy atom. The van der Waals surface area contributed by atoms with Gasteiger partial charge in [-0.05, 0) is 31.5 Å². The van der Waals surface area contributed by atoms with Gasteiger partial charge in [-0.1, -0.05) is 13.0 Å². The molecule has 3 heteroatoms. The standard InChI is InChI=1S/C13H20N2S/c1-5-6-14-9-12(4)16-13-8-10(2)7-11(3)15-13/h5,7-8,12,14H,1,6,9H2,2-4H3. The molecule has 1 rings (SSSR count). The van der Waals surface area contributed by atoms with Gasteiger partial charge in [0.05, 0.1) is 5.03 Å². The van der Waals surface area contributed by atoms with Crippen molar-refractivity contribution in [3.05, 3.63) is 36.0 Å². The van der Waals surface area contributed by atoms with Gasteiger partial charge < -0.3 is 5.32 Å². The van der Waals surface area contributed by atoms with E-state index in [1.165, 1.54) is 5.56 Å². The molecule has 16 heavy (non-hydrogen) atoms. The summed E-state index contributed by atoms with van der Waals surface area (Å²) in [5.41, 5.74) is 2.37. The smallest absolute Gasteiger partial charge is 0.0968 e. The number of hydrogen-bond acceptors (Lipinski definition) is 3. The second-order valence-electron chi connectivity index (χ2n) is 4.00. The molecule has 0 spiro atoms. The number of nitrogens with one attached hydrogen (secondary N) is 1. The van der Waals surface area contributed by atoms with Gasteiger partial charge in [-0.2, -0.15) is 0 Å². The van der Waals surface area contributed by atoms with Crippen LogP contribution in [0.25, 0.3) is 0 Å². The van der Waals surface area contributed by atoms with Crippen molar-refractivity contribution in [2.45, 2.75) is 31.0 Å². The monoisotopic (exact) mass is 236 g/mol. The molecular formula is C13H20N2S. The van der Waals surface area contributed by atoms with Crippen molar-refractivity contribution in [2.75, 3.05) is 13.1 Å². The van der Waals surface area contributed by atoms with Gasteiger partial charge in [-0.15, -0.1) is 18.3 Å². The molecule has 0 aliphatic heterocycles. The molecule has 1 unspecified atom stereocenters. The van der Waals surface area contributed by atoms with Gasteiger partial charge in [0.2, 0.25) is 0 Å². The second-order valence-corrected chi connectivity index (χ2v) is 5.46. The van der Waals surface area contributed by atoms with Gasteiger partial charge in [-0.25, -0.2) is 4.98 Å². The SMILES string of the molecule is C=CCNCC(C)Sc1cc(C)cc(C)n1. The first-order valence-electron chi connectivity index (χ1n) is 5.55. The van der Waals surface area contributed by atoms with Crippen molar-refractivity contribution in [1.29, 1.82) is 0 Å². The molecule has 0 saturated carbocycles. The summed E-state index contributed by atoms with van der Waals surface area (Å²) in [6, 6.07) is 4.24. The Labute approximate surface area is 103 Å². The Kier molecular flexibility index (Phi) is 5.56. The Morgan fingerprint density at radius 2 is 2.25 bits per heavy atom. The van der Waals surface area contributed by atoms with E-state index in [1.807, 2.05) is 24.8 Å². The minimum atomic E-state index is 0.522. The summed E-state index contributed by atoms with van der Waals surface area (Å²) in [4.78, 5) is 4.52. The topological polar surface area (TPSA) is 24.9 Å². The summed E-state index contributed by atoms with van der Waals surface area (Å²) < 4.78 is 0. The van der Waals surface area contributed by atoms with Crippen molar-refractivity contribution >= 4 is 11.8 Å². The number of nitrogens with zero attached hydrogens (tertiary/aromatic N) is 1. The molecule has 0 aliphatic carbocycles. The second kappa shape index (κ2) is 6.71. The van der Waals surface area contributed by atoms with Crippen LogP contribution in [0.3, 0.4) is 0 Å². The lowest BCUT2D eigenvalue weighted by Crippen LogP contribution is -2.22. The zero-order valence-corrected chi connectivity index (χ0v) is 11.1. The van der Waals surface area contributed by atoms with Crippen molar-refractivity contribution in [3.8, 4) is 0 Å². The summed E-state index contributed by atoms with van der Waals surface area (Å²) >= 11 is 1.81. The number of pyridine rings is 1. The van der Waals surface area contributed by atoms with Gasteiger partial charge in [0.25, 0.3) is 0 Å². The molecule has 0 aromatic carbocycles. The molecule has 1 heterocycles. The van der Waals surface area contributed by atoms with Crippen LogP contribution in [0.4, 0.5) is 0 Å². The van der Waals surface area contributed by atoms with E-state index in [2.05, 4.69) is 42.9 Å². The molecule has 2 nitrogen and oxygen atoms in total. The van der Waals surface area contributed by atoms with E-state index in [0.29, 0.717) is 5.25 Å². The van der Waals surface area contributed by atoms with Crippen molar-refractivity contribution < 1.29 is 0 Å². The van der Waals surface area contributed by atoms with Crippen LogP contribution >= 0.6 is 11.8 Å². The molecule has 0 bridgehead atoms. The van der Waals surface area contributed by atoms with Gasteiger partial charge in [0, 0.05) is 24.0 Å². The lowest BCUT2D eigenvalue weighted by Gasteiger charge is -2.11. The van der Waals surface area contributed by atoms with E-state index in [4.69, 9.17) is 0 Å². The highest BCUT2D eigenvalue weighted by Crippen LogP contribution is 2.22. The zero-order chi connectivity index (χ0) is 12.0. The summed E-state index contributed by atoms with van der Waals surface area (Å²) in [7, 11) is 0. The maximum absolute atomic E-state index is 4.52. The molecule has 0 fully saturated rings. The van der Waals surface area contributed by atoms with Crippen molar-refractivity contribution in [2.24, 2.45) is 0 Å². The first kappa shape index (κ1) is 13.3. The molecule has 1 N–H and O–H groups in total. The molecule has 0 saturated heterocycles. The van der Waals surface area contributed by atoms with Crippen LogP contribution in [0.2, 0.25) is 0 Å². The molecular weight excluding hydrogens is 216 g/mol. The van der Waals surface area contributed by atoms with Crippen LogP contribution in [0.1, 0.15) is 18.2 Å². The normalized spacial score (nSPS) is 12.4. The van der Waals surface area contributed by atoms with Gasteiger partial charge >= 0.3 is 0 Å². The van der Waals surface area contributed by atoms with Crippen LogP contribution < -0.4 is 5.32 Å². The lowest BCUT2D eigenvalue weighted by molar-refractivity contribution is 0.739. The average Bonchev–Trinajstić information content (AvgIpc) is 2.16. The van der Waals surface area contributed by atoms with Gasteiger partial charge in [0.15, 0.2) is 0 Å². The predicted molar refractivity (Wildman–Crippen MR) is 72.1 cm³/mol. The van der Waals surface area contributed by atoms with Crippen LogP contribution in [0.15, 0.2) is 29.8 Å². The minimum Gasteiger partial charge on any atom is -0.312 e. The fourth-order valence-electron chi connectivity index (χ4n) is 1.50. The molecule has 0 radical (unpaired) electrons. The highest BCUT2D eigenvalue weighted by molar-refractivity contribution is 7.99. The molecule has 1 atom stereocenters. The summed E-state index contributed by atoms with van der Waals surface area (Å²) in [6.45, 7) is 11.9. The Balaban J connectivity index is 2.48. The Bertz CT molecular complexity index is 330. The van der Waals surface area contributed by atoms with E-state index in [-0.39, 0.29) is 0 Å². The first-order valence-corrected chi connectivity index (χ1v) is 6.43. The molecule has 88 valence electrons. The van der Waals surface area contributed by atoms with Gasteiger partial charge in [-0.3, -0.25) is 0 Å². The van der Waals surface area contributed by atoms with E-state index in [0.717, 1.165) is 23.8 Å². The molecule has 1 aromatic rings. The van der Waals surface area contributed by atoms with Crippen LogP contribution in [-0.4, -0.2) is 23.3 Å². The zero-order valence-electron chi connectivity index (χ0n) is 10.3. The summed E-state index contributed by atoms with van der Waals surface area (Å²) in [5.74, 6) is 0. The fraction of sp³-hybridized carbons (Fsp3) is 0.462. The Hall–Kier alpha value is -0.800. The average molecular weight is 236 g/mol. The van der Waals surface area contributed by atoms with E-state index < -0.39 is 0 Å². The third kappa shape index (κ3) is 4.81. The fourth-order valence-corrected chi connectivity index (χ4v) is 2.57. The quantitative estimate of drug-likeness (QED) is 0.467. The lowest BCUT2D eigenvalue weighted by atomic mass is 10.3. The maximum Gasteiger partial charge on any atom is 0.0968 e. The Morgan fingerprint density at radius 3 is 2.88 bits per heavy atom. The number of aromatic nitrogens is 1. The largest absolute Gasteiger partial charge is 0.312 e. The molecule has 0 amide bonds. The number of rotatable bonds is 6. The van der Waals surface area contributed by atoms with Crippen LogP contribution in [0.5, 0.6) is 0 Å². The third-order valence-electron chi connectivity index (χ3n) is 2.12. The number of hydrogen-bond donors (Lipinski definition) is 1.